The van der Waals surface area contributed by atoms with Gasteiger partial charge in [0.05, 0.1) is 11.7 Å². The predicted molar refractivity (Wildman–Crippen MR) is 75.2 cm³/mol. The summed E-state index contributed by atoms with van der Waals surface area (Å²) in [6.45, 7) is 5.47. The Hall–Kier alpha value is -2.11. The lowest BCUT2D eigenvalue weighted by Gasteiger charge is -2.22. The molecule has 1 aromatic rings. The lowest BCUT2D eigenvalue weighted by molar-refractivity contribution is -0.140. The molecule has 1 aromatic heterocycles. The van der Waals surface area contributed by atoms with Gasteiger partial charge in [-0.2, -0.15) is 0 Å². The monoisotopic (exact) mass is 279 g/mol. The number of carboxylic acids is 1. The van der Waals surface area contributed by atoms with Gasteiger partial charge < -0.3 is 15.7 Å². The highest BCUT2D eigenvalue weighted by molar-refractivity contribution is 5.82. The van der Waals surface area contributed by atoms with Crippen molar-refractivity contribution in [3.05, 3.63) is 30.1 Å². The Morgan fingerprint density at radius 2 is 2.00 bits per heavy atom. The van der Waals surface area contributed by atoms with Crippen molar-refractivity contribution in [2.45, 2.75) is 39.3 Å². The Balaban J connectivity index is 2.60. The number of nitrogens with one attached hydrogen (secondary N) is 2. The molecule has 1 heterocycles. The van der Waals surface area contributed by atoms with Crippen LogP contribution in [0.3, 0.4) is 0 Å². The molecule has 3 unspecified atom stereocenters. The SMILES string of the molecule is CCC(C)C(NC(=O)NC(C)c1ccccn1)C(=O)O. The molecule has 3 atom stereocenters. The number of pyridine rings is 1. The Labute approximate surface area is 118 Å². The fourth-order valence-corrected chi connectivity index (χ4v) is 1.77. The Morgan fingerprint density at radius 3 is 2.50 bits per heavy atom. The topological polar surface area (TPSA) is 91.3 Å². The van der Waals surface area contributed by atoms with Crippen molar-refractivity contribution in [3.8, 4) is 0 Å². The summed E-state index contributed by atoms with van der Waals surface area (Å²) in [5, 5.41) is 14.3. The minimum atomic E-state index is -1.03. The van der Waals surface area contributed by atoms with Gasteiger partial charge in [-0.1, -0.05) is 26.3 Å². The van der Waals surface area contributed by atoms with Crippen molar-refractivity contribution in [3.63, 3.8) is 0 Å². The summed E-state index contributed by atoms with van der Waals surface area (Å²) in [5.41, 5.74) is 0.720. The van der Waals surface area contributed by atoms with Gasteiger partial charge in [0, 0.05) is 6.20 Å². The van der Waals surface area contributed by atoms with E-state index in [1.165, 1.54) is 0 Å². The zero-order valence-corrected chi connectivity index (χ0v) is 12.0. The molecule has 6 heteroatoms. The molecule has 20 heavy (non-hydrogen) atoms. The Morgan fingerprint density at radius 1 is 1.30 bits per heavy atom. The molecule has 3 N–H and O–H groups in total. The van der Waals surface area contributed by atoms with Gasteiger partial charge in [-0.25, -0.2) is 9.59 Å². The number of aromatic nitrogens is 1. The van der Waals surface area contributed by atoms with Gasteiger partial charge in [-0.3, -0.25) is 4.98 Å². The third-order valence-corrected chi connectivity index (χ3v) is 3.24. The van der Waals surface area contributed by atoms with Crippen molar-refractivity contribution in [1.82, 2.24) is 15.6 Å². The van der Waals surface area contributed by atoms with Crippen molar-refractivity contribution in [1.29, 1.82) is 0 Å². The van der Waals surface area contributed by atoms with Gasteiger partial charge in [0.1, 0.15) is 6.04 Å². The van der Waals surface area contributed by atoms with Crippen LogP contribution in [0.2, 0.25) is 0 Å². The maximum absolute atomic E-state index is 11.8. The Kier molecular flexibility index (Phi) is 5.96. The maximum atomic E-state index is 11.8. The van der Waals surface area contributed by atoms with Gasteiger partial charge in [0.2, 0.25) is 0 Å². The molecule has 0 radical (unpaired) electrons. The number of carbonyl (C=O) groups excluding carboxylic acids is 1. The van der Waals surface area contributed by atoms with E-state index in [0.717, 1.165) is 5.69 Å². The fraction of sp³-hybridized carbons (Fsp3) is 0.500. The first kappa shape index (κ1) is 15.9. The third-order valence-electron chi connectivity index (χ3n) is 3.24. The number of carbonyl (C=O) groups is 2. The lowest BCUT2D eigenvalue weighted by Crippen LogP contribution is -2.49. The zero-order chi connectivity index (χ0) is 15.1. The number of aliphatic carboxylic acids is 1. The first-order valence-corrected chi connectivity index (χ1v) is 6.66. The van der Waals surface area contributed by atoms with Crippen molar-refractivity contribution < 1.29 is 14.7 Å². The van der Waals surface area contributed by atoms with E-state index in [-0.39, 0.29) is 12.0 Å². The predicted octanol–water partition coefficient (Wildman–Crippen LogP) is 1.94. The molecular weight excluding hydrogens is 258 g/mol. The van der Waals surface area contributed by atoms with Crippen LogP contribution in [-0.4, -0.2) is 28.1 Å². The smallest absolute Gasteiger partial charge is 0.326 e. The second kappa shape index (κ2) is 7.47. The molecular formula is C14H21N3O3. The molecule has 6 nitrogen and oxygen atoms in total. The number of nitrogens with zero attached hydrogens (tertiary/aromatic N) is 1. The van der Waals surface area contributed by atoms with E-state index in [4.69, 9.17) is 5.11 Å². The molecule has 0 saturated carbocycles. The molecule has 0 spiro atoms. The summed E-state index contributed by atoms with van der Waals surface area (Å²) in [6.07, 6.45) is 2.32. The normalized spacial score (nSPS) is 14.9. The van der Waals surface area contributed by atoms with Crippen LogP contribution in [0, 0.1) is 5.92 Å². The van der Waals surface area contributed by atoms with E-state index in [1.807, 2.05) is 13.0 Å². The highest BCUT2D eigenvalue weighted by Gasteiger charge is 2.25. The molecule has 2 amide bonds. The molecule has 0 aliphatic rings. The highest BCUT2D eigenvalue weighted by atomic mass is 16.4. The van der Waals surface area contributed by atoms with E-state index >= 15 is 0 Å². The summed E-state index contributed by atoms with van der Waals surface area (Å²) in [5.74, 6) is -1.16. The maximum Gasteiger partial charge on any atom is 0.326 e. The van der Waals surface area contributed by atoms with Crippen molar-refractivity contribution in [2.75, 3.05) is 0 Å². The van der Waals surface area contributed by atoms with Crippen LogP contribution in [-0.2, 0) is 4.79 Å². The van der Waals surface area contributed by atoms with Crippen LogP contribution >= 0.6 is 0 Å². The van der Waals surface area contributed by atoms with E-state index in [1.54, 1.807) is 32.2 Å². The number of amides is 2. The number of hydrogen-bond acceptors (Lipinski definition) is 3. The standard InChI is InChI=1S/C14H21N3O3/c1-4-9(2)12(13(18)19)17-14(20)16-10(3)11-7-5-6-8-15-11/h5-10,12H,4H2,1-3H3,(H,18,19)(H2,16,17,20). The second-order valence-corrected chi connectivity index (χ2v) is 4.80. The summed E-state index contributed by atoms with van der Waals surface area (Å²) >= 11 is 0. The molecule has 0 bridgehead atoms. The van der Waals surface area contributed by atoms with Gasteiger partial charge in [-0.15, -0.1) is 0 Å². The lowest BCUT2D eigenvalue weighted by atomic mass is 9.99. The van der Waals surface area contributed by atoms with Crippen LogP contribution in [0.5, 0.6) is 0 Å². The van der Waals surface area contributed by atoms with E-state index < -0.39 is 18.0 Å². The molecule has 0 aliphatic carbocycles. The average molecular weight is 279 g/mol. The van der Waals surface area contributed by atoms with Crippen molar-refractivity contribution >= 4 is 12.0 Å². The second-order valence-electron chi connectivity index (χ2n) is 4.80. The molecule has 0 aromatic carbocycles. The average Bonchev–Trinajstić information content (AvgIpc) is 2.44. The third kappa shape index (κ3) is 4.53. The van der Waals surface area contributed by atoms with Gasteiger partial charge in [-0.05, 0) is 25.0 Å². The zero-order valence-electron chi connectivity index (χ0n) is 12.0. The van der Waals surface area contributed by atoms with E-state index in [0.29, 0.717) is 6.42 Å². The molecule has 0 saturated heterocycles. The van der Waals surface area contributed by atoms with Gasteiger partial charge in [0.25, 0.3) is 0 Å². The van der Waals surface area contributed by atoms with E-state index in [9.17, 15) is 9.59 Å². The Bertz CT molecular complexity index is 450. The number of urea groups is 1. The van der Waals surface area contributed by atoms with Gasteiger partial charge in [0.15, 0.2) is 0 Å². The summed E-state index contributed by atoms with van der Waals surface area (Å²) in [6, 6.07) is 3.74. The van der Waals surface area contributed by atoms with Crippen LogP contribution < -0.4 is 10.6 Å². The minimum Gasteiger partial charge on any atom is -0.480 e. The molecule has 1 rings (SSSR count). The molecule has 0 fully saturated rings. The van der Waals surface area contributed by atoms with Crippen LogP contribution in [0.1, 0.15) is 38.9 Å². The number of rotatable bonds is 6. The summed E-state index contributed by atoms with van der Waals surface area (Å²) < 4.78 is 0. The van der Waals surface area contributed by atoms with Crippen LogP contribution in [0.15, 0.2) is 24.4 Å². The van der Waals surface area contributed by atoms with Crippen LogP contribution in [0.4, 0.5) is 4.79 Å². The van der Waals surface area contributed by atoms with Gasteiger partial charge >= 0.3 is 12.0 Å². The number of hydrogen-bond donors (Lipinski definition) is 3. The quantitative estimate of drug-likeness (QED) is 0.742. The first-order valence-electron chi connectivity index (χ1n) is 6.66. The first-order chi connectivity index (χ1) is 9.45. The number of carboxylic acid groups (broad SMARTS) is 1. The fourth-order valence-electron chi connectivity index (χ4n) is 1.77. The summed E-state index contributed by atoms with van der Waals surface area (Å²) in [4.78, 5) is 27.1. The van der Waals surface area contributed by atoms with Crippen molar-refractivity contribution in [2.24, 2.45) is 5.92 Å². The summed E-state index contributed by atoms with van der Waals surface area (Å²) in [7, 11) is 0. The highest BCUT2D eigenvalue weighted by Crippen LogP contribution is 2.10. The molecule has 110 valence electrons. The minimum absolute atomic E-state index is 0.136. The largest absolute Gasteiger partial charge is 0.480 e. The molecule has 0 aliphatic heterocycles. The van der Waals surface area contributed by atoms with E-state index in [2.05, 4.69) is 15.6 Å². The van der Waals surface area contributed by atoms with Crippen LogP contribution in [0.25, 0.3) is 0 Å².